The Morgan fingerprint density at radius 1 is 1.30 bits per heavy atom. The SMILES string of the molecule is CN1CC(C(=O)NC(CCC(=O)O)CC2CCCCC2)CC1=O. The molecule has 1 saturated carbocycles. The fourth-order valence-electron chi connectivity index (χ4n) is 3.73. The molecule has 2 fully saturated rings. The van der Waals surface area contributed by atoms with Crippen LogP contribution in [-0.2, 0) is 14.4 Å². The maximum atomic E-state index is 12.4. The largest absolute Gasteiger partial charge is 0.481 e. The molecule has 2 aliphatic rings. The van der Waals surface area contributed by atoms with Gasteiger partial charge in [-0.2, -0.15) is 0 Å². The number of likely N-dealkylation sites (tertiary alicyclic amines) is 1. The fraction of sp³-hybridized carbons (Fsp3) is 0.824. The molecule has 1 aliphatic heterocycles. The van der Waals surface area contributed by atoms with Crippen LogP contribution in [0.25, 0.3) is 0 Å². The minimum atomic E-state index is -0.830. The van der Waals surface area contributed by atoms with Crippen LogP contribution < -0.4 is 5.32 Å². The summed E-state index contributed by atoms with van der Waals surface area (Å²) in [4.78, 5) is 36.4. The highest BCUT2D eigenvalue weighted by Gasteiger charge is 2.33. The molecule has 0 radical (unpaired) electrons. The molecule has 1 aliphatic carbocycles. The van der Waals surface area contributed by atoms with Gasteiger partial charge in [0.1, 0.15) is 0 Å². The van der Waals surface area contributed by atoms with Gasteiger partial charge in [0, 0.05) is 32.5 Å². The standard InChI is InChI=1S/C17H28N2O4/c1-19-11-13(10-15(19)20)17(23)18-14(7-8-16(21)22)9-12-5-3-2-4-6-12/h12-14H,2-11H2,1H3,(H,18,23)(H,21,22). The summed E-state index contributed by atoms with van der Waals surface area (Å²) < 4.78 is 0. The molecular formula is C17H28N2O4. The van der Waals surface area contributed by atoms with E-state index in [1.54, 1.807) is 11.9 Å². The van der Waals surface area contributed by atoms with Crippen LogP contribution in [0.3, 0.4) is 0 Å². The lowest BCUT2D eigenvalue weighted by atomic mass is 9.84. The summed E-state index contributed by atoms with van der Waals surface area (Å²) in [6.07, 6.45) is 7.73. The second-order valence-corrected chi connectivity index (χ2v) is 7.05. The van der Waals surface area contributed by atoms with Crippen molar-refractivity contribution in [2.45, 2.75) is 63.8 Å². The summed E-state index contributed by atoms with van der Waals surface area (Å²) in [5, 5.41) is 11.9. The number of carboxylic acid groups (broad SMARTS) is 1. The molecular weight excluding hydrogens is 296 g/mol. The van der Waals surface area contributed by atoms with Gasteiger partial charge in [0.25, 0.3) is 0 Å². The molecule has 130 valence electrons. The Labute approximate surface area is 137 Å². The lowest BCUT2D eigenvalue weighted by Gasteiger charge is -2.27. The summed E-state index contributed by atoms with van der Waals surface area (Å²) in [6.45, 7) is 0.458. The molecule has 0 aromatic rings. The third kappa shape index (κ3) is 5.52. The van der Waals surface area contributed by atoms with Crippen molar-refractivity contribution in [2.24, 2.45) is 11.8 Å². The van der Waals surface area contributed by atoms with Crippen molar-refractivity contribution in [3.63, 3.8) is 0 Å². The Hall–Kier alpha value is -1.59. The summed E-state index contributed by atoms with van der Waals surface area (Å²) in [7, 11) is 1.71. The lowest BCUT2D eigenvalue weighted by Crippen LogP contribution is -2.41. The number of nitrogens with zero attached hydrogens (tertiary/aromatic N) is 1. The molecule has 23 heavy (non-hydrogen) atoms. The molecule has 2 atom stereocenters. The van der Waals surface area contributed by atoms with Crippen molar-refractivity contribution in [2.75, 3.05) is 13.6 Å². The summed E-state index contributed by atoms with van der Waals surface area (Å²) in [5.74, 6) is -0.654. The van der Waals surface area contributed by atoms with Gasteiger partial charge in [-0.15, -0.1) is 0 Å². The number of carbonyl (C=O) groups is 3. The number of rotatable bonds is 7. The number of nitrogens with one attached hydrogen (secondary N) is 1. The first kappa shape index (κ1) is 17.8. The van der Waals surface area contributed by atoms with E-state index >= 15 is 0 Å². The molecule has 2 N–H and O–H groups in total. The van der Waals surface area contributed by atoms with Crippen molar-refractivity contribution < 1.29 is 19.5 Å². The highest BCUT2D eigenvalue weighted by Crippen LogP contribution is 2.28. The third-order valence-electron chi connectivity index (χ3n) is 5.11. The Kier molecular flexibility index (Phi) is 6.42. The zero-order chi connectivity index (χ0) is 16.8. The predicted octanol–water partition coefficient (Wildman–Crippen LogP) is 1.78. The minimum Gasteiger partial charge on any atom is -0.481 e. The van der Waals surface area contributed by atoms with Crippen LogP contribution in [0.2, 0.25) is 0 Å². The molecule has 2 unspecified atom stereocenters. The van der Waals surface area contributed by atoms with Crippen LogP contribution in [0.15, 0.2) is 0 Å². The highest BCUT2D eigenvalue weighted by atomic mass is 16.4. The van der Waals surface area contributed by atoms with Gasteiger partial charge in [-0.3, -0.25) is 14.4 Å². The van der Waals surface area contributed by atoms with E-state index in [0.717, 1.165) is 6.42 Å². The van der Waals surface area contributed by atoms with Gasteiger partial charge in [0.2, 0.25) is 11.8 Å². The maximum Gasteiger partial charge on any atom is 0.303 e. The van der Waals surface area contributed by atoms with Crippen molar-refractivity contribution in [3.8, 4) is 0 Å². The van der Waals surface area contributed by atoms with Crippen LogP contribution in [-0.4, -0.2) is 47.4 Å². The lowest BCUT2D eigenvalue weighted by molar-refractivity contribution is -0.137. The van der Waals surface area contributed by atoms with Gasteiger partial charge in [0.15, 0.2) is 0 Å². The molecule has 1 heterocycles. The number of carboxylic acids is 1. The Balaban J connectivity index is 1.88. The molecule has 1 saturated heterocycles. The third-order valence-corrected chi connectivity index (χ3v) is 5.11. The molecule has 2 rings (SSSR count). The molecule has 0 aromatic carbocycles. The smallest absolute Gasteiger partial charge is 0.303 e. The zero-order valence-corrected chi connectivity index (χ0v) is 13.9. The number of aliphatic carboxylic acids is 1. The predicted molar refractivity (Wildman–Crippen MR) is 85.7 cm³/mol. The first-order chi connectivity index (χ1) is 11.0. The fourth-order valence-corrected chi connectivity index (χ4v) is 3.73. The van der Waals surface area contributed by atoms with Gasteiger partial charge in [-0.1, -0.05) is 32.1 Å². The summed E-state index contributed by atoms with van der Waals surface area (Å²) in [5.41, 5.74) is 0. The van der Waals surface area contributed by atoms with Gasteiger partial charge in [0.05, 0.1) is 5.92 Å². The highest BCUT2D eigenvalue weighted by molar-refractivity contribution is 5.89. The molecule has 0 spiro atoms. The summed E-state index contributed by atoms with van der Waals surface area (Å²) in [6, 6.07) is -0.0947. The van der Waals surface area contributed by atoms with E-state index in [1.165, 1.54) is 32.1 Å². The summed E-state index contributed by atoms with van der Waals surface area (Å²) >= 11 is 0. The normalized spacial score (nSPS) is 23.8. The van der Waals surface area contributed by atoms with Crippen molar-refractivity contribution in [3.05, 3.63) is 0 Å². The van der Waals surface area contributed by atoms with Crippen LogP contribution in [0.5, 0.6) is 0 Å². The maximum absolute atomic E-state index is 12.4. The Morgan fingerprint density at radius 2 is 2.00 bits per heavy atom. The van der Waals surface area contributed by atoms with E-state index in [-0.39, 0.29) is 36.6 Å². The topological polar surface area (TPSA) is 86.7 Å². The van der Waals surface area contributed by atoms with Gasteiger partial charge < -0.3 is 15.3 Å². The van der Waals surface area contributed by atoms with Crippen LogP contribution >= 0.6 is 0 Å². The quantitative estimate of drug-likeness (QED) is 0.747. The van der Waals surface area contributed by atoms with Gasteiger partial charge in [-0.05, 0) is 18.8 Å². The average Bonchev–Trinajstić information content (AvgIpc) is 2.85. The monoisotopic (exact) mass is 324 g/mol. The van der Waals surface area contributed by atoms with Crippen LogP contribution in [0.1, 0.15) is 57.8 Å². The Morgan fingerprint density at radius 3 is 2.57 bits per heavy atom. The number of amides is 2. The van der Waals surface area contributed by atoms with Crippen LogP contribution in [0.4, 0.5) is 0 Å². The van der Waals surface area contributed by atoms with Crippen molar-refractivity contribution in [1.29, 1.82) is 0 Å². The molecule has 6 heteroatoms. The first-order valence-corrected chi connectivity index (χ1v) is 8.72. The van der Waals surface area contributed by atoms with Gasteiger partial charge in [-0.25, -0.2) is 0 Å². The van der Waals surface area contributed by atoms with E-state index in [1.807, 2.05) is 0 Å². The van der Waals surface area contributed by atoms with E-state index in [0.29, 0.717) is 18.9 Å². The Bertz CT molecular complexity index is 446. The second kappa shape index (κ2) is 8.31. The number of carbonyl (C=O) groups excluding carboxylic acids is 2. The second-order valence-electron chi connectivity index (χ2n) is 7.05. The molecule has 0 aromatic heterocycles. The van der Waals surface area contributed by atoms with E-state index < -0.39 is 5.97 Å². The van der Waals surface area contributed by atoms with Crippen LogP contribution in [0, 0.1) is 11.8 Å². The van der Waals surface area contributed by atoms with Crippen molar-refractivity contribution in [1.82, 2.24) is 10.2 Å². The zero-order valence-electron chi connectivity index (χ0n) is 13.9. The number of hydrogen-bond donors (Lipinski definition) is 2. The number of hydrogen-bond acceptors (Lipinski definition) is 3. The molecule has 2 amide bonds. The van der Waals surface area contributed by atoms with E-state index in [9.17, 15) is 14.4 Å². The van der Waals surface area contributed by atoms with E-state index in [4.69, 9.17) is 5.11 Å². The molecule has 0 bridgehead atoms. The first-order valence-electron chi connectivity index (χ1n) is 8.72. The molecule has 6 nitrogen and oxygen atoms in total. The van der Waals surface area contributed by atoms with Crippen molar-refractivity contribution >= 4 is 17.8 Å². The van der Waals surface area contributed by atoms with E-state index in [2.05, 4.69) is 5.32 Å². The average molecular weight is 324 g/mol. The minimum absolute atomic E-state index is 0.000448. The van der Waals surface area contributed by atoms with Gasteiger partial charge >= 0.3 is 5.97 Å².